The van der Waals surface area contributed by atoms with E-state index >= 15 is 0 Å². The molecule has 2 heteroatoms. The maximum atomic E-state index is 4.38. The zero-order valence-electron chi connectivity index (χ0n) is 8.26. The lowest BCUT2D eigenvalue weighted by atomic mass is 9.88. The Morgan fingerprint density at radius 2 is 2.00 bits per heavy atom. The highest BCUT2D eigenvalue weighted by atomic mass is 14.7. The van der Waals surface area contributed by atoms with Crippen molar-refractivity contribution in [2.45, 2.75) is 26.2 Å². The zero-order valence-corrected chi connectivity index (χ0v) is 8.26. The first-order chi connectivity index (χ1) is 6.07. The highest BCUT2D eigenvalue weighted by molar-refractivity contribution is 5.78. The van der Waals surface area contributed by atoms with Crippen molar-refractivity contribution in [1.82, 2.24) is 9.97 Å². The molecule has 0 unspecified atom stereocenters. The van der Waals surface area contributed by atoms with Crippen molar-refractivity contribution < 1.29 is 0 Å². The van der Waals surface area contributed by atoms with Crippen molar-refractivity contribution in [3.63, 3.8) is 0 Å². The normalized spacial score (nSPS) is 12.2. The lowest BCUT2D eigenvalue weighted by molar-refractivity contribution is 0.589. The average Bonchev–Trinajstić information content (AvgIpc) is 2.47. The van der Waals surface area contributed by atoms with Gasteiger partial charge in [0.1, 0.15) is 0 Å². The van der Waals surface area contributed by atoms with E-state index < -0.39 is 0 Å². The summed E-state index contributed by atoms with van der Waals surface area (Å²) < 4.78 is 0. The smallest absolute Gasteiger partial charge is 0.0876 e. The zero-order chi connectivity index (χ0) is 9.47. The van der Waals surface area contributed by atoms with Gasteiger partial charge in [-0.2, -0.15) is 0 Å². The number of hydrogen-bond acceptors (Lipinski definition) is 1. The number of nitrogens with zero attached hydrogens (tertiary/aromatic N) is 1. The van der Waals surface area contributed by atoms with E-state index in [1.807, 2.05) is 18.6 Å². The van der Waals surface area contributed by atoms with E-state index in [0.29, 0.717) is 0 Å². The van der Waals surface area contributed by atoms with E-state index in [2.05, 4.69) is 36.8 Å². The van der Waals surface area contributed by atoms with Gasteiger partial charge in [-0.25, -0.2) is 0 Å². The molecule has 2 rings (SSSR count). The van der Waals surface area contributed by atoms with Crippen molar-refractivity contribution >= 4 is 10.9 Å². The topological polar surface area (TPSA) is 28.7 Å². The summed E-state index contributed by atoms with van der Waals surface area (Å²) in [7, 11) is 0. The molecule has 0 fully saturated rings. The minimum atomic E-state index is 0.179. The molecule has 68 valence electrons. The molecule has 0 saturated carbocycles. The van der Waals surface area contributed by atoms with Gasteiger partial charge in [-0.05, 0) is 17.0 Å². The molecule has 0 atom stereocenters. The van der Waals surface area contributed by atoms with Crippen LogP contribution in [0.25, 0.3) is 10.9 Å². The van der Waals surface area contributed by atoms with Crippen LogP contribution in [0.15, 0.2) is 24.7 Å². The molecule has 2 aromatic heterocycles. The van der Waals surface area contributed by atoms with Crippen molar-refractivity contribution in [1.29, 1.82) is 0 Å². The second-order valence-electron chi connectivity index (χ2n) is 4.40. The quantitative estimate of drug-likeness (QED) is 0.653. The molecule has 0 amide bonds. The molecule has 1 N–H and O–H groups in total. The van der Waals surface area contributed by atoms with Crippen LogP contribution in [0.3, 0.4) is 0 Å². The molecule has 0 saturated heterocycles. The molecule has 0 aliphatic heterocycles. The van der Waals surface area contributed by atoms with Crippen molar-refractivity contribution in [2.24, 2.45) is 0 Å². The monoisotopic (exact) mass is 174 g/mol. The van der Waals surface area contributed by atoms with Gasteiger partial charge in [-0.15, -0.1) is 0 Å². The third-order valence-corrected chi connectivity index (χ3v) is 2.27. The van der Waals surface area contributed by atoms with Crippen LogP contribution in [0.2, 0.25) is 0 Å². The van der Waals surface area contributed by atoms with Crippen molar-refractivity contribution in [3.8, 4) is 0 Å². The van der Waals surface area contributed by atoms with Crippen LogP contribution < -0.4 is 0 Å². The van der Waals surface area contributed by atoms with E-state index in [1.54, 1.807) is 0 Å². The van der Waals surface area contributed by atoms with Crippen LogP contribution >= 0.6 is 0 Å². The first kappa shape index (κ1) is 8.30. The summed E-state index contributed by atoms with van der Waals surface area (Å²) >= 11 is 0. The maximum Gasteiger partial charge on any atom is 0.0876 e. The molecule has 2 heterocycles. The molecule has 0 aliphatic carbocycles. The number of rotatable bonds is 0. The summed E-state index contributed by atoms with van der Waals surface area (Å²) in [5.74, 6) is 0. The Balaban J connectivity index is 2.61. The van der Waals surface area contributed by atoms with Crippen molar-refractivity contribution in [3.05, 3.63) is 30.2 Å². The number of H-pyrrole nitrogens is 1. The van der Waals surface area contributed by atoms with Gasteiger partial charge in [-0.3, -0.25) is 4.98 Å². The standard InChI is InChI=1S/C11H14N2/c1-11(2,3)9-4-8-5-12-7-10(8)13-6-9/h4-7,12H,1-3H3. The van der Waals surface area contributed by atoms with Crippen LogP contribution in [0.1, 0.15) is 26.3 Å². The second kappa shape index (κ2) is 2.59. The predicted molar refractivity (Wildman–Crippen MR) is 54.8 cm³/mol. The molecular weight excluding hydrogens is 160 g/mol. The van der Waals surface area contributed by atoms with Crippen LogP contribution in [0.4, 0.5) is 0 Å². The Hall–Kier alpha value is -1.31. The van der Waals surface area contributed by atoms with Gasteiger partial charge in [0, 0.05) is 24.0 Å². The minimum Gasteiger partial charge on any atom is -0.365 e. The SMILES string of the molecule is CC(C)(C)c1cnc2c[nH]cc2c1. The molecule has 13 heavy (non-hydrogen) atoms. The number of hydrogen-bond donors (Lipinski definition) is 1. The van der Waals surface area contributed by atoms with E-state index in [9.17, 15) is 0 Å². The fourth-order valence-corrected chi connectivity index (χ4v) is 1.35. The molecule has 0 radical (unpaired) electrons. The van der Waals surface area contributed by atoms with Gasteiger partial charge in [-0.1, -0.05) is 20.8 Å². The van der Waals surface area contributed by atoms with Gasteiger partial charge in [0.2, 0.25) is 0 Å². The highest BCUT2D eigenvalue weighted by Crippen LogP contribution is 2.24. The number of fused-ring (bicyclic) bond motifs is 1. The molecule has 0 aliphatic rings. The molecule has 0 bridgehead atoms. The molecule has 2 aromatic rings. The lowest BCUT2D eigenvalue weighted by Gasteiger charge is -2.18. The number of aromatic amines is 1. The third-order valence-electron chi connectivity index (χ3n) is 2.27. The molecule has 0 aromatic carbocycles. The molecule has 2 nitrogen and oxygen atoms in total. The number of aromatic nitrogens is 2. The van der Waals surface area contributed by atoms with Gasteiger partial charge >= 0.3 is 0 Å². The molecule has 0 spiro atoms. The summed E-state index contributed by atoms with van der Waals surface area (Å²) in [5, 5.41) is 1.19. The van der Waals surface area contributed by atoms with E-state index in [4.69, 9.17) is 0 Å². The minimum absolute atomic E-state index is 0.179. The first-order valence-electron chi connectivity index (χ1n) is 4.50. The Morgan fingerprint density at radius 1 is 1.23 bits per heavy atom. The van der Waals surface area contributed by atoms with E-state index in [1.165, 1.54) is 10.9 Å². The summed E-state index contributed by atoms with van der Waals surface area (Å²) in [6.45, 7) is 6.59. The Bertz CT molecular complexity index is 421. The van der Waals surface area contributed by atoms with Gasteiger partial charge < -0.3 is 4.98 Å². The van der Waals surface area contributed by atoms with Gasteiger partial charge in [0.15, 0.2) is 0 Å². The fourth-order valence-electron chi connectivity index (χ4n) is 1.35. The van der Waals surface area contributed by atoms with E-state index in [0.717, 1.165) is 5.52 Å². The van der Waals surface area contributed by atoms with E-state index in [-0.39, 0.29) is 5.41 Å². The van der Waals surface area contributed by atoms with Crippen LogP contribution in [-0.4, -0.2) is 9.97 Å². The van der Waals surface area contributed by atoms with Crippen LogP contribution in [0.5, 0.6) is 0 Å². The largest absolute Gasteiger partial charge is 0.365 e. The maximum absolute atomic E-state index is 4.38. The summed E-state index contributed by atoms with van der Waals surface area (Å²) in [4.78, 5) is 7.43. The summed E-state index contributed by atoms with van der Waals surface area (Å²) in [5.41, 5.74) is 2.49. The summed E-state index contributed by atoms with van der Waals surface area (Å²) in [6.07, 6.45) is 5.86. The number of nitrogens with one attached hydrogen (secondary N) is 1. The summed E-state index contributed by atoms with van der Waals surface area (Å²) in [6, 6.07) is 2.19. The Morgan fingerprint density at radius 3 is 2.69 bits per heavy atom. The van der Waals surface area contributed by atoms with Gasteiger partial charge in [0.25, 0.3) is 0 Å². The Kier molecular flexibility index (Phi) is 1.65. The average molecular weight is 174 g/mol. The lowest BCUT2D eigenvalue weighted by Crippen LogP contribution is -2.10. The first-order valence-corrected chi connectivity index (χ1v) is 4.50. The van der Waals surface area contributed by atoms with Crippen LogP contribution in [0, 0.1) is 0 Å². The van der Waals surface area contributed by atoms with Crippen molar-refractivity contribution in [2.75, 3.05) is 0 Å². The van der Waals surface area contributed by atoms with Crippen LogP contribution in [-0.2, 0) is 5.41 Å². The predicted octanol–water partition coefficient (Wildman–Crippen LogP) is 2.86. The highest BCUT2D eigenvalue weighted by Gasteiger charge is 2.14. The van der Waals surface area contributed by atoms with Gasteiger partial charge in [0.05, 0.1) is 5.52 Å². The number of pyridine rings is 1. The second-order valence-corrected chi connectivity index (χ2v) is 4.40. The molecular formula is C11H14N2. The Labute approximate surface area is 78.0 Å². The third kappa shape index (κ3) is 1.44. The fraction of sp³-hybridized carbons (Fsp3) is 0.364.